The van der Waals surface area contributed by atoms with Crippen molar-refractivity contribution in [2.24, 2.45) is 0 Å². The van der Waals surface area contributed by atoms with Gasteiger partial charge in [0.2, 0.25) is 5.91 Å². The molecule has 0 spiro atoms. The van der Waals surface area contributed by atoms with Gasteiger partial charge in [0.05, 0.1) is 24.3 Å². The molecule has 1 amide bonds. The SMILES string of the molecule is Cc1ncn(CC(=O)NCc2cc(-c3ccccc3)ncn2)c(=O)c1C. The van der Waals surface area contributed by atoms with Crippen LogP contribution in [0.25, 0.3) is 11.3 Å². The summed E-state index contributed by atoms with van der Waals surface area (Å²) in [5, 5.41) is 2.77. The summed E-state index contributed by atoms with van der Waals surface area (Å²) in [4.78, 5) is 36.8. The summed E-state index contributed by atoms with van der Waals surface area (Å²) in [6.07, 6.45) is 2.87. The smallest absolute Gasteiger partial charge is 0.256 e. The lowest BCUT2D eigenvalue weighted by Crippen LogP contribution is -2.33. The molecule has 0 atom stereocenters. The first-order valence-electron chi connectivity index (χ1n) is 8.20. The molecule has 2 aromatic heterocycles. The first-order chi connectivity index (χ1) is 12.5. The van der Waals surface area contributed by atoms with E-state index in [2.05, 4.69) is 20.3 Å². The Kier molecular flexibility index (Phi) is 5.17. The lowest BCUT2D eigenvalue weighted by Gasteiger charge is -2.09. The van der Waals surface area contributed by atoms with Crippen molar-refractivity contribution >= 4 is 5.91 Å². The highest BCUT2D eigenvalue weighted by molar-refractivity contribution is 5.75. The normalized spacial score (nSPS) is 10.5. The number of aromatic nitrogens is 4. The molecule has 0 bridgehead atoms. The third-order valence-electron chi connectivity index (χ3n) is 4.09. The third kappa shape index (κ3) is 4.00. The van der Waals surface area contributed by atoms with Crippen LogP contribution in [0.2, 0.25) is 0 Å². The first kappa shape index (κ1) is 17.5. The zero-order chi connectivity index (χ0) is 18.5. The standard InChI is InChI=1S/C19H19N5O2/c1-13-14(2)23-12-24(19(13)26)10-18(25)20-9-16-8-17(22-11-21-16)15-6-4-3-5-7-15/h3-8,11-12H,9-10H2,1-2H3,(H,20,25). The second-order valence-electron chi connectivity index (χ2n) is 5.93. The molecule has 0 aliphatic rings. The Labute approximate surface area is 150 Å². The van der Waals surface area contributed by atoms with Crippen molar-refractivity contribution in [1.29, 1.82) is 0 Å². The maximum absolute atomic E-state index is 12.1. The van der Waals surface area contributed by atoms with Crippen LogP contribution >= 0.6 is 0 Å². The summed E-state index contributed by atoms with van der Waals surface area (Å²) in [5.74, 6) is -0.281. The number of amides is 1. The van der Waals surface area contributed by atoms with Gasteiger partial charge in [0.15, 0.2) is 0 Å². The molecular formula is C19H19N5O2. The molecule has 0 unspecified atom stereocenters. The molecule has 2 heterocycles. The summed E-state index contributed by atoms with van der Waals surface area (Å²) in [7, 11) is 0. The van der Waals surface area contributed by atoms with E-state index in [1.807, 2.05) is 36.4 Å². The molecule has 1 aromatic carbocycles. The fourth-order valence-corrected chi connectivity index (χ4v) is 2.45. The van der Waals surface area contributed by atoms with Crippen LogP contribution in [0.1, 0.15) is 17.0 Å². The van der Waals surface area contributed by atoms with E-state index < -0.39 is 0 Å². The number of rotatable bonds is 5. The van der Waals surface area contributed by atoms with Gasteiger partial charge in [-0.1, -0.05) is 30.3 Å². The molecular weight excluding hydrogens is 330 g/mol. The van der Waals surface area contributed by atoms with E-state index in [9.17, 15) is 9.59 Å². The highest BCUT2D eigenvalue weighted by Gasteiger charge is 2.09. The summed E-state index contributed by atoms with van der Waals surface area (Å²) >= 11 is 0. The quantitative estimate of drug-likeness (QED) is 0.756. The molecule has 132 valence electrons. The van der Waals surface area contributed by atoms with Gasteiger partial charge in [-0.2, -0.15) is 0 Å². The number of nitrogens with one attached hydrogen (secondary N) is 1. The van der Waals surface area contributed by atoms with Gasteiger partial charge in [0.1, 0.15) is 12.9 Å². The van der Waals surface area contributed by atoms with Crippen LogP contribution < -0.4 is 10.9 Å². The van der Waals surface area contributed by atoms with Gasteiger partial charge in [0, 0.05) is 16.8 Å². The zero-order valence-corrected chi connectivity index (χ0v) is 14.6. The molecule has 3 aromatic rings. The molecule has 0 aliphatic heterocycles. The van der Waals surface area contributed by atoms with Crippen LogP contribution in [0, 0.1) is 13.8 Å². The molecule has 0 saturated carbocycles. The topological polar surface area (TPSA) is 89.8 Å². The average molecular weight is 349 g/mol. The maximum Gasteiger partial charge on any atom is 0.256 e. The Bertz CT molecular complexity index is 983. The molecule has 26 heavy (non-hydrogen) atoms. The Morgan fingerprint density at radius 1 is 1.12 bits per heavy atom. The van der Waals surface area contributed by atoms with Crippen LogP contribution in [-0.4, -0.2) is 25.4 Å². The van der Waals surface area contributed by atoms with Gasteiger partial charge in [-0.15, -0.1) is 0 Å². The van der Waals surface area contributed by atoms with Crippen LogP contribution in [0.3, 0.4) is 0 Å². The fourth-order valence-electron chi connectivity index (χ4n) is 2.45. The Morgan fingerprint density at radius 3 is 2.65 bits per heavy atom. The lowest BCUT2D eigenvalue weighted by molar-refractivity contribution is -0.121. The number of benzene rings is 1. The van der Waals surface area contributed by atoms with Crippen molar-refractivity contribution in [3.8, 4) is 11.3 Å². The third-order valence-corrected chi connectivity index (χ3v) is 4.09. The lowest BCUT2D eigenvalue weighted by atomic mass is 10.1. The maximum atomic E-state index is 12.1. The first-order valence-corrected chi connectivity index (χ1v) is 8.20. The Morgan fingerprint density at radius 2 is 1.88 bits per heavy atom. The van der Waals surface area contributed by atoms with E-state index in [4.69, 9.17) is 0 Å². The van der Waals surface area contributed by atoms with Crippen LogP contribution in [0.15, 0.2) is 53.8 Å². The van der Waals surface area contributed by atoms with Crippen LogP contribution in [0.5, 0.6) is 0 Å². The van der Waals surface area contributed by atoms with E-state index in [1.54, 1.807) is 13.8 Å². The number of hydrogen-bond acceptors (Lipinski definition) is 5. The van der Waals surface area contributed by atoms with Crippen molar-refractivity contribution in [1.82, 2.24) is 24.8 Å². The molecule has 0 fully saturated rings. The second kappa shape index (κ2) is 7.69. The second-order valence-corrected chi connectivity index (χ2v) is 5.93. The molecule has 0 radical (unpaired) electrons. The van der Waals surface area contributed by atoms with Gasteiger partial charge >= 0.3 is 0 Å². The highest BCUT2D eigenvalue weighted by atomic mass is 16.2. The molecule has 7 heteroatoms. The van der Waals surface area contributed by atoms with Crippen molar-refractivity contribution < 1.29 is 4.79 Å². The van der Waals surface area contributed by atoms with Gasteiger partial charge in [-0.3, -0.25) is 14.2 Å². The summed E-state index contributed by atoms with van der Waals surface area (Å²) in [5.41, 5.74) is 3.47. The minimum absolute atomic E-state index is 0.0798. The van der Waals surface area contributed by atoms with E-state index in [0.29, 0.717) is 17.0 Å². The number of carbonyl (C=O) groups is 1. The van der Waals surface area contributed by atoms with E-state index >= 15 is 0 Å². The monoisotopic (exact) mass is 349 g/mol. The average Bonchev–Trinajstić information content (AvgIpc) is 2.68. The van der Waals surface area contributed by atoms with Gasteiger partial charge in [-0.05, 0) is 19.9 Å². The van der Waals surface area contributed by atoms with Crippen molar-refractivity contribution in [2.45, 2.75) is 26.9 Å². The molecule has 7 nitrogen and oxygen atoms in total. The van der Waals surface area contributed by atoms with E-state index in [1.165, 1.54) is 17.2 Å². The summed E-state index contributed by atoms with van der Waals surface area (Å²) in [6, 6.07) is 11.6. The van der Waals surface area contributed by atoms with Gasteiger partial charge in [-0.25, -0.2) is 15.0 Å². The van der Waals surface area contributed by atoms with E-state index in [-0.39, 0.29) is 24.6 Å². The fraction of sp³-hybridized carbons (Fsp3) is 0.211. The molecule has 0 saturated heterocycles. The van der Waals surface area contributed by atoms with Crippen molar-refractivity contribution in [2.75, 3.05) is 0 Å². The number of carbonyl (C=O) groups excluding carboxylic acids is 1. The predicted molar refractivity (Wildman–Crippen MR) is 97.3 cm³/mol. The Balaban J connectivity index is 1.65. The van der Waals surface area contributed by atoms with Crippen LogP contribution in [0.4, 0.5) is 0 Å². The number of aryl methyl sites for hydroxylation is 1. The molecule has 0 aliphatic carbocycles. The summed E-state index contributed by atoms with van der Waals surface area (Å²) < 4.78 is 1.30. The zero-order valence-electron chi connectivity index (χ0n) is 14.6. The minimum atomic E-state index is -0.281. The molecule has 3 rings (SSSR count). The van der Waals surface area contributed by atoms with E-state index in [0.717, 1.165) is 11.3 Å². The van der Waals surface area contributed by atoms with Crippen LogP contribution in [-0.2, 0) is 17.9 Å². The number of nitrogens with zero attached hydrogens (tertiary/aromatic N) is 4. The Hall–Kier alpha value is -3.35. The number of hydrogen-bond donors (Lipinski definition) is 1. The van der Waals surface area contributed by atoms with Gasteiger partial charge in [0.25, 0.3) is 5.56 Å². The largest absolute Gasteiger partial charge is 0.349 e. The van der Waals surface area contributed by atoms with Crippen molar-refractivity contribution in [3.05, 3.63) is 76.4 Å². The van der Waals surface area contributed by atoms with Gasteiger partial charge < -0.3 is 5.32 Å². The molecule has 1 N–H and O–H groups in total. The van der Waals surface area contributed by atoms with Crippen molar-refractivity contribution in [3.63, 3.8) is 0 Å². The summed E-state index contributed by atoms with van der Waals surface area (Å²) in [6.45, 7) is 3.64. The minimum Gasteiger partial charge on any atom is -0.349 e. The highest BCUT2D eigenvalue weighted by Crippen LogP contribution is 2.15. The predicted octanol–water partition coefficient (Wildman–Crippen LogP) is 1.63.